The summed E-state index contributed by atoms with van der Waals surface area (Å²) in [5.74, 6) is -0.579. The molecule has 0 saturated heterocycles. The maximum Gasteiger partial charge on any atom is 0.264 e. The molecule has 1 N–H and O–H groups in total. The van der Waals surface area contributed by atoms with Gasteiger partial charge in [-0.25, -0.2) is 4.39 Å². The number of nitrogens with zero attached hydrogens (tertiary/aromatic N) is 1. The van der Waals surface area contributed by atoms with E-state index in [0.29, 0.717) is 17.7 Å². The van der Waals surface area contributed by atoms with Gasteiger partial charge in [-0.3, -0.25) is 4.79 Å². The van der Waals surface area contributed by atoms with Gasteiger partial charge >= 0.3 is 0 Å². The van der Waals surface area contributed by atoms with Crippen LogP contribution < -0.4 is 5.32 Å². The Morgan fingerprint density at radius 2 is 2.22 bits per heavy atom. The summed E-state index contributed by atoms with van der Waals surface area (Å²) in [6, 6.07) is 6.36. The molecule has 0 bridgehead atoms. The van der Waals surface area contributed by atoms with Gasteiger partial charge in [0.1, 0.15) is 5.82 Å². The fourth-order valence-corrected chi connectivity index (χ4v) is 1.75. The normalized spacial score (nSPS) is 18.4. The summed E-state index contributed by atoms with van der Waals surface area (Å²) in [6.07, 6.45) is -0.374. The van der Waals surface area contributed by atoms with Crippen LogP contribution in [-0.2, 0) is 9.63 Å². The third kappa shape index (κ3) is 2.67. The number of benzene rings is 1. The molecule has 4 nitrogen and oxygen atoms in total. The van der Waals surface area contributed by atoms with E-state index in [1.54, 1.807) is 18.2 Å². The van der Waals surface area contributed by atoms with E-state index in [1.807, 2.05) is 13.8 Å². The monoisotopic (exact) mass is 250 g/mol. The van der Waals surface area contributed by atoms with Gasteiger partial charge in [-0.1, -0.05) is 23.4 Å². The summed E-state index contributed by atoms with van der Waals surface area (Å²) < 4.78 is 13.5. The van der Waals surface area contributed by atoms with Crippen molar-refractivity contribution in [1.29, 1.82) is 0 Å². The Labute approximate surface area is 105 Å². The number of halogens is 1. The maximum atomic E-state index is 13.5. The molecule has 96 valence electrons. The molecular weight excluding hydrogens is 235 g/mol. The molecule has 0 aliphatic carbocycles. The fraction of sp³-hybridized carbons (Fsp3) is 0.385. The van der Waals surface area contributed by atoms with E-state index in [2.05, 4.69) is 10.5 Å². The SMILES string of the molecule is CC(C)NC(=O)[C@H]1CC(c2ccccc2F)=NO1. The summed E-state index contributed by atoms with van der Waals surface area (Å²) in [5.41, 5.74) is 0.856. The lowest BCUT2D eigenvalue weighted by atomic mass is 10.0. The number of amides is 1. The number of carbonyl (C=O) groups excluding carboxylic acids is 1. The van der Waals surface area contributed by atoms with Crippen LogP contribution in [-0.4, -0.2) is 23.8 Å². The van der Waals surface area contributed by atoms with Crippen molar-refractivity contribution >= 4 is 11.6 Å². The zero-order valence-electron chi connectivity index (χ0n) is 10.3. The Kier molecular flexibility index (Phi) is 3.60. The highest BCUT2D eigenvalue weighted by Gasteiger charge is 2.29. The Balaban J connectivity index is 2.04. The van der Waals surface area contributed by atoms with Gasteiger partial charge in [-0.05, 0) is 19.9 Å². The number of oxime groups is 1. The van der Waals surface area contributed by atoms with E-state index in [9.17, 15) is 9.18 Å². The Bertz CT molecular complexity index is 486. The number of carbonyl (C=O) groups is 1. The molecule has 2 rings (SSSR count). The highest BCUT2D eigenvalue weighted by molar-refractivity contribution is 6.04. The van der Waals surface area contributed by atoms with E-state index >= 15 is 0 Å². The molecule has 1 aliphatic rings. The highest BCUT2D eigenvalue weighted by Crippen LogP contribution is 2.19. The molecule has 0 saturated carbocycles. The summed E-state index contributed by atoms with van der Waals surface area (Å²) >= 11 is 0. The van der Waals surface area contributed by atoms with Gasteiger partial charge < -0.3 is 10.2 Å². The standard InChI is InChI=1S/C13H15FN2O2/c1-8(2)15-13(17)12-7-11(16-18-12)9-5-3-4-6-10(9)14/h3-6,8,12H,7H2,1-2H3,(H,15,17)/t12-/m1/s1. The zero-order valence-corrected chi connectivity index (χ0v) is 10.3. The molecule has 0 spiro atoms. The van der Waals surface area contributed by atoms with Crippen molar-refractivity contribution in [3.63, 3.8) is 0 Å². The van der Waals surface area contributed by atoms with Crippen molar-refractivity contribution in [3.05, 3.63) is 35.6 Å². The van der Waals surface area contributed by atoms with Gasteiger partial charge in [0.2, 0.25) is 6.10 Å². The highest BCUT2D eigenvalue weighted by atomic mass is 19.1. The molecule has 1 heterocycles. The minimum absolute atomic E-state index is 0.0404. The van der Waals surface area contributed by atoms with Gasteiger partial charge in [0, 0.05) is 18.0 Å². The first-order valence-electron chi connectivity index (χ1n) is 5.86. The zero-order chi connectivity index (χ0) is 13.1. The van der Waals surface area contributed by atoms with E-state index in [1.165, 1.54) is 6.07 Å². The topological polar surface area (TPSA) is 50.7 Å². The largest absolute Gasteiger partial charge is 0.382 e. The molecule has 18 heavy (non-hydrogen) atoms. The molecule has 1 aromatic rings. The summed E-state index contributed by atoms with van der Waals surface area (Å²) in [6.45, 7) is 3.73. The molecular formula is C13H15FN2O2. The van der Waals surface area contributed by atoms with Crippen molar-refractivity contribution in [2.75, 3.05) is 0 Å². The number of rotatable bonds is 3. The molecule has 0 aromatic heterocycles. The summed E-state index contributed by atoms with van der Waals surface area (Å²) in [7, 11) is 0. The van der Waals surface area contributed by atoms with Gasteiger partial charge in [0.15, 0.2) is 0 Å². The second-order valence-electron chi connectivity index (χ2n) is 4.48. The predicted octanol–water partition coefficient (Wildman–Crippen LogP) is 1.84. The lowest BCUT2D eigenvalue weighted by molar-refractivity contribution is -0.131. The van der Waals surface area contributed by atoms with Crippen LogP contribution in [0.25, 0.3) is 0 Å². The Hall–Kier alpha value is -1.91. The quantitative estimate of drug-likeness (QED) is 0.890. The van der Waals surface area contributed by atoms with Crippen LogP contribution in [0.15, 0.2) is 29.4 Å². The van der Waals surface area contributed by atoms with Crippen LogP contribution in [0.4, 0.5) is 4.39 Å². The van der Waals surface area contributed by atoms with Crippen molar-refractivity contribution in [3.8, 4) is 0 Å². The molecule has 1 atom stereocenters. The number of hydrogen-bond acceptors (Lipinski definition) is 3. The second-order valence-corrected chi connectivity index (χ2v) is 4.48. The van der Waals surface area contributed by atoms with Crippen LogP contribution in [0, 0.1) is 5.82 Å². The van der Waals surface area contributed by atoms with Gasteiger partial charge in [0.25, 0.3) is 5.91 Å². The van der Waals surface area contributed by atoms with Crippen molar-refractivity contribution in [2.24, 2.45) is 5.16 Å². The third-order valence-corrected chi connectivity index (χ3v) is 2.58. The molecule has 1 aromatic carbocycles. The molecule has 1 amide bonds. The van der Waals surface area contributed by atoms with Crippen LogP contribution in [0.2, 0.25) is 0 Å². The van der Waals surface area contributed by atoms with Crippen LogP contribution in [0.3, 0.4) is 0 Å². The average Bonchev–Trinajstić information content (AvgIpc) is 2.78. The lowest BCUT2D eigenvalue weighted by Gasteiger charge is -2.11. The minimum Gasteiger partial charge on any atom is -0.382 e. The van der Waals surface area contributed by atoms with Crippen LogP contribution >= 0.6 is 0 Å². The summed E-state index contributed by atoms with van der Waals surface area (Å²) in [4.78, 5) is 16.8. The third-order valence-electron chi connectivity index (χ3n) is 2.58. The smallest absolute Gasteiger partial charge is 0.264 e. The first kappa shape index (κ1) is 12.5. The lowest BCUT2D eigenvalue weighted by Crippen LogP contribution is -2.38. The molecule has 5 heteroatoms. The molecule has 0 radical (unpaired) electrons. The molecule has 1 aliphatic heterocycles. The molecule has 0 fully saturated rings. The van der Waals surface area contributed by atoms with Crippen molar-refractivity contribution in [2.45, 2.75) is 32.4 Å². The Morgan fingerprint density at radius 3 is 2.89 bits per heavy atom. The second kappa shape index (κ2) is 5.16. The van der Waals surface area contributed by atoms with Crippen LogP contribution in [0.5, 0.6) is 0 Å². The Morgan fingerprint density at radius 1 is 1.50 bits per heavy atom. The van der Waals surface area contributed by atoms with Gasteiger partial charge in [-0.15, -0.1) is 0 Å². The maximum absolute atomic E-state index is 13.5. The predicted molar refractivity (Wildman–Crippen MR) is 65.7 cm³/mol. The van der Waals surface area contributed by atoms with Gasteiger partial charge in [0.05, 0.1) is 5.71 Å². The average molecular weight is 250 g/mol. The van der Waals surface area contributed by atoms with E-state index in [4.69, 9.17) is 4.84 Å². The van der Waals surface area contributed by atoms with Gasteiger partial charge in [-0.2, -0.15) is 0 Å². The van der Waals surface area contributed by atoms with Crippen LogP contribution in [0.1, 0.15) is 25.8 Å². The number of nitrogens with one attached hydrogen (secondary N) is 1. The number of hydrogen-bond donors (Lipinski definition) is 1. The van der Waals surface area contributed by atoms with E-state index in [0.717, 1.165) is 0 Å². The first-order chi connectivity index (χ1) is 8.58. The van der Waals surface area contributed by atoms with E-state index < -0.39 is 6.10 Å². The summed E-state index contributed by atoms with van der Waals surface area (Å²) in [5, 5.41) is 6.53. The minimum atomic E-state index is -0.665. The van der Waals surface area contributed by atoms with E-state index in [-0.39, 0.29) is 17.8 Å². The fourth-order valence-electron chi connectivity index (χ4n) is 1.75. The first-order valence-corrected chi connectivity index (χ1v) is 5.86. The van der Waals surface area contributed by atoms with Crippen molar-refractivity contribution < 1.29 is 14.0 Å². The van der Waals surface area contributed by atoms with Crippen molar-refractivity contribution in [1.82, 2.24) is 5.32 Å². The molecule has 0 unspecified atom stereocenters.